The van der Waals surface area contributed by atoms with E-state index in [-0.39, 0.29) is 11.7 Å². The van der Waals surface area contributed by atoms with Gasteiger partial charge in [0.1, 0.15) is 5.75 Å². The van der Waals surface area contributed by atoms with Crippen LogP contribution in [0.4, 0.5) is 5.69 Å². The summed E-state index contributed by atoms with van der Waals surface area (Å²) in [5, 5.41) is 12.3. The number of benzene rings is 2. The fraction of sp³-hybridized carbons (Fsp3) is 0.167. The van der Waals surface area contributed by atoms with Crippen molar-refractivity contribution >= 4 is 50.9 Å². The molecule has 0 bridgehead atoms. The third kappa shape index (κ3) is 4.82. The van der Waals surface area contributed by atoms with Crippen LogP contribution in [-0.4, -0.2) is 33.5 Å². The van der Waals surface area contributed by atoms with Crippen molar-refractivity contribution in [1.29, 1.82) is 0 Å². The van der Waals surface area contributed by atoms with Crippen LogP contribution in [-0.2, 0) is 11.8 Å². The van der Waals surface area contributed by atoms with Gasteiger partial charge >= 0.3 is 0 Å². The Bertz CT molecular complexity index is 962. The maximum Gasteiger partial charge on any atom is 0.234 e. The Morgan fingerprint density at radius 1 is 1.26 bits per heavy atom. The summed E-state index contributed by atoms with van der Waals surface area (Å²) in [4.78, 5) is 12.2. The van der Waals surface area contributed by atoms with Crippen LogP contribution in [0.5, 0.6) is 5.75 Å². The van der Waals surface area contributed by atoms with Gasteiger partial charge in [-0.1, -0.05) is 51.4 Å². The predicted octanol–water partition coefficient (Wildman–Crippen LogP) is 4.64. The molecule has 0 atom stereocenters. The summed E-state index contributed by atoms with van der Waals surface area (Å²) in [6.07, 6.45) is 0. The normalized spacial score (nSPS) is 10.7. The van der Waals surface area contributed by atoms with Gasteiger partial charge in [0.2, 0.25) is 5.91 Å². The summed E-state index contributed by atoms with van der Waals surface area (Å²) >= 11 is 10.8. The van der Waals surface area contributed by atoms with Crippen molar-refractivity contribution in [2.24, 2.45) is 7.05 Å². The van der Waals surface area contributed by atoms with Gasteiger partial charge in [-0.2, -0.15) is 0 Å². The number of carbonyl (C=O) groups excluding carboxylic acids is 1. The molecular weight excluding hydrogens is 452 g/mol. The van der Waals surface area contributed by atoms with Crippen LogP contribution >= 0.6 is 39.3 Å². The average molecular weight is 468 g/mol. The Morgan fingerprint density at radius 2 is 2.00 bits per heavy atom. The zero-order chi connectivity index (χ0) is 19.4. The Labute approximate surface area is 174 Å². The summed E-state index contributed by atoms with van der Waals surface area (Å²) in [7, 11) is 3.42. The molecule has 1 heterocycles. The standard InChI is InChI=1S/C18H16BrClN4O2S/c1-24-17(11-3-5-12(19)6-4-11)22-23-18(24)27-10-16(25)21-13-7-8-15(26-2)14(20)9-13/h3-9H,10H2,1-2H3,(H,21,25). The van der Waals surface area contributed by atoms with E-state index in [1.54, 1.807) is 25.3 Å². The van der Waals surface area contributed by atoms with Gasteiger partial charge in [0.25, 0.3) is 0 Å². The molecule has 0 saturated heterocycles. The summed E-state index contributed by atoms with van der Waals surface area (Å²) in [6, 6.07) is 12.9. The van der Waals surface area contributed by atoms with Crippen molar-refractivity contribution in [2.75, 3.05) is 18.2 Å². The second kappa shape index (κ2) is 8.77. The summed E-state index contributed by atoms with van der Waals surface area (Å²) in [6.45, 7) is 0. The minimum absolute atomic E-state index is 0.158. The molecule has 3 aromatic rings. The largest absolute Gasteiger partial charge is 0.495 e. The van der Waals surface area contributed by atoms with Gasteiger partial charge in [-0.15, -0.1) is 10.2 Å². The smallest absolute Gasteiger partial charge is 0.234 e. The summed E-state index contributed by atoms with van der Waals surface area (Å²) in [5.74, 6) is 1.35. The van der Waals surface area contributed by atoms with Crippen molar-refractivity contribution in [3.8, 4) is 17.1 Å². The Hall–Kier alpha value is -2.03. The molecule has 0 spiro atoms. The second-order valence-corrected chi connectivity index (χ2v) is 7.82. The number of thioether (sulfide) groups is 1. The minimum atomic E-state index is -0.158. The third-order valence-electron chi connectivity index (χ3n) is 3.71. The average Bonchev–Trinajstić information content (AvgIpc) is 3.01. The van der Waals surface area contributed by atoms with E-state index in [1.165, 1.54) is 11.8 Å². The van der Waals surface area contributed by atoms with Gasteiger partial charge in [-0.3, -0.25) is 4.79 Å². The first-order valence-corrected chi connectivity index (χ1v) is 10.0. The van der Waals surface area contributed by atoms with Crippen LogP contribution in [0.15, 0.2) is 52.1 Å². The van der Waals surface area contributed by atoms with Crippen molar-refractivity contribution < 1.29 is 9.53 Å². The van der Waals surface area contributed by atoms with E-state index in [0.717, 1.165) is 15.9 Å². The van der Waals surface area contributed by atoms with Crippen molar-refractivity contribution in [3.05, 3.63) is 52.0 Å². The highest BCUT2D eigenvalue weighted by atomic mass is 79.9. The number of halogens is 2. The number of amides is 1. The zero-order valence-electron chi connectivity index (χ0n) is 14.6. The zero-order valence-corrected chi connectivity index (χ0v) is 17.7. The van der Waals surface area contributed by atoms with E-state index >= 15 is 0 Å². The molecule has 0 unspecified atom stereocenters. The third-order valence-corrected chi connectivity index (χ3v) is 5.55. The number of anilines is 1. The number of nitrogens with zero attached hydrogens (tertiary/aromatic N) is 3. The highest BCUT2D eigenvalue weighted by Gasteiger charge is 2.13. The van der Waals surface area contributed by atoms with Crippen LogP contribution in [0.1, 0.15) is 0 Å². The molecule has 140 valence electrons. The first-order chi connectivity index (χ1) is 13.0. The monoisotopic (exact) mass is 466 g/mol. The van der Waals surface area contributed by atoms with E-state index < -0.39 is 0 Å². The summed E-state index contributed by atoms with van der Waals surface area (Å²) < 4.78 is 7.96. The van der Waals surface area contributed by atoms with Crippen LogP contribution < -0.4 is 10.1 Å². The number of nitrogens with one attached hydrogen (secondary N) is 1. The molecule has 1 N–H and O–H groups in total. The number of rotatable bonds is 6. The van der Waals surface area contributed by atoms with Crippen LogP contribution in [0.2, 0.25) is 5.02 Å². The molecule has 0 fully saturated rings. The van der Waals surface area contributed by atoms with E-state index in [0.29, 0.717) is 21.6 Å². The highest BCUT2D eigenvalue weighted by molar-refractivity contribution is 9.10. The predicted molar refractivity (Wildman–Crippen MR) is 111 cm³/mol. The number of methoxy groups -OCH3 is 1. The summed E-state index contributed by atoms with van der Waals surface area (Å²) in [5.41, 5.74) is 1.57. The Morgan fingerprint density at radius 3 is 2.67 bits per heavy atom. The van der Waals surface area contributed by atoms with Gasteiger partial charge in [0, 0.05) is 22.8 Å². The topological polar surface area (TPSA) is 69.0 Å². The van der Waals surface area contributed by atoms with Gasteiger partial charge in [0.15, 0.2) is 11.0 Å². The van der Waals surface area contributed by atoms with Crippen molar-refractivity contribution in [2.45, 2.75) is 5.16 Å². The number of hydrogen-bond donors (Lipinski definition) is 1. The van der Waals surface area contributed by atoms with Gasteiger partial charge in [0.05, 0.1) is 17.9 Å². The number of aromatic nitrogens is 3. The molecule has 2 aromatic carbocycles. The number of hydrogen-bond acceptors (Lipinski definition) is 5. The molecule has 6 nitrogen and oxygen atoms in total. The molecule has 0 aliphatic rings. The maximum atomic E-state index is 12.2. The molecule has 1 amide bonds. The van der Waals surface area contributed by atoms with Crippen LogP contribution in [0.3, 0.4) is 0 Å². The lowest BCUT2D eigenvalue weighted by Gasteiger charge is -2.08. The highest BCUT2D eigenvalue weighted by Crippen LogP contribution is 2.28. The molecule has 9 heteroatoms. The van der Waals surface area contributed by atoms with E-state index in [4.69, 9.17) is 16.3 Å². The molecule has 27 heavy (non-hydrogen) atoms. The van der Waals surface area contributed by atoms with Crippen molar-refractivity contribution in [1.82, 2.24) is 14.8 Å². The van der Waals surface area contributed by atoms with Crippen LogP contribution in [0, 0.1) is 0 Å². The molecule has 3 rings (SSSR count). The first-order valence-electron chi connectivity index (χ1n) is 7.89. The Balaban J connectivity index is 1.62. The molecule has 0 aliphatic heterocycles. The molecular formula is C18H16BrClN4O2S. The van der Waals surface area contributed by atoms with Crippen LogP contribution in [0.25, 0.3) is 11.4 Å². The SMILES string of the molecule is COc1ccc(NC(=O)CSc2nnc(-c3ccc(Br)cc3)n2C)cc1Cl. The lowest BCUT2D eigenvalue weighted by molar-refractivity contribution is -0.113. The van der Waals surface area contributed by atoms with Gasteiger partial charge < -0.3 is 14.6 Å². The number of carbonyl (C=O) groups is 1. The quantitative estimate of drug-likeness (QED) is 0.535. The molecule has 0 radical (unpaired) electrons. The van der Waals surface area contributed by atoms with E-state index in [9.17, 15) is 4.79 Å². The number of ether oxygens (including phenoxy) is 1. The van der Waals surface area contributed by atoms with Gasteiger partial charge in [-0.05, 0) is 30.3 Å². The minimum Gasteiger partial charge on any atom is -0.495 e. The molecule has 0 aliphatic carbocycles. The molecule has 0 saturated carbocycles. The van der Waals surface area contributed by atoms with Crippen molar-refractivity contribution in [3.63, 3.8) is 0 Å². The lowest BCUT2D eigenvalue weighted by Crippen LogP contribution is -2.14. The van der Waals surface area contributed by atoms with E-state index in [2.05, 4.69) is 31.4 Å². The maximum absolute atomic E-state index is 12.2. The van der Waals surface area contributed by atoms with Gasteiger partial charge in [-0.25, -0.2) is 0 Å². The van der Waals surface area contributed by atoms with E-state index in [1.807, 2.05) is 35.9 Å². The second-order valence-electron chi connectivity index (χ2n) is 5.56. The lowest BCUT2D eigenvalue weighted by atomic mass is 10.2. The fourth-order valence-corrected chi connectivity index (χ4v) is 3.60. The molecule has 1 aromatic heterocycles. The Kier molecular flexibility index (Phi) is 6.41. The fourth-order valence-electron chi connectivity index (χ4n) is 2.36. The first kappa shape index (κ1) is 19.7.